The van der Waals surface area contributed by atoms with E-state index < -0.39 is 5.92 Å². The van der Waals surface area contributed by atoms with Gasteiger partial charge < -0.3 is 14.3 Å². The summed E-state index contributed by atoms with van der Waals surface area (Å²) in [6.07, 6.45) is 5.24. The van der Waals surface area contributed by atoms with Crippen LogP contribution in [0.3, 0.4) is 0 Å². The van der Waals surface area contributed by atoms with Gasteiger partial charge in [0, 0.05) is 11.8 Å². The minimum absolute atomic E-state index is 0.335. The van der Waals surface area contributed by atoms with Crippen molar-refractivity contribution < 1.29 is 19.1 Å². The van der Waals surface area contributed by atoms with Crippen LogP contribution in [0.25, 0.3) is 5.69 Å². The van der Waals surface area contributed by atoms with E-state index in [1.807, 2.05) is 71.7 Å². The molecule has 4 aromatic rings. The molecule has 0 fully saturated rings. The summed E-state index contributed by atoms with van der Waals surface area (Å²) in [6, 6.07) is 25.8. The van der Waals surface area contributed by atoms with Crippen molar-refractivity contribution in [1.82, 2.24) is 9.78 Å². The van der Waals surface area contributed by atoms with Gasteiger partial charge in [0.05, 0.1) is 24.7 Å². The zero-order chi connectivity index (χ0) is 26.7. The fraction of sp³-hybridized carbons (Fsp3) is 0.258. The van der Waals surface area contributed by atoms with E-state index >= 15 is 0 Å². The fourth-order valence-electron chi connectivity index (χ4n) is 3.97. The molecule has 38 heavy (non-hydrogen) atoms. The quantitative estimate of drug-likeness (QED) is 0.134. The Hall–Kier alpha value is -4.39. The van der Waals surface area contributed by atoms with Crippen molar-refractivity contribution in [1.29, 1.82) is 0 Å². The van der Waals surface area contributed by atoms with Gasteiger partial charge in [0.2, 0.25) is 0 Å². The fourth-order valence-corrected chi connectivity index (χ4v) is 3.97. The van der Waals surface area contributed by atoms with Crippen LogP contribution < -0.4 is 4.74 Å². The van der Waals surface area contributed by atoms with E-state index in [0.29, 0.717) is 25.3 Å². The molecule has 0 bridgehead atoms. The van der Waals surface area contributed by atoms with Crippen LogP contribution in [0.1, 0.15) is 36.1 Å². The smallest absolute Gasteiger partial charge is 0.314 e. The maximum Gasteiger partial charge on any atom is 0.314 e. The van der Waals surface area contributed by atoms with Crippen molar-refractivity contribution in [2.24, 2.45) is 11.1 Å². The Balaban J connectivity index is 1.32. The number of oxime groups is 1. The lowest BCUT2D eigenvalue weighted by atomic mass is 9.95. The van der Waals surface area contributed by atoms with Gasteiger partial charge in [0.15, 0.2) is 0 Å². The number of hydrogen-bond donors (Lipinski definition) is 0. The van der Waals surface area contributed by atoms with E-state index in [0.717, 1.165) is 34.5 Å². The second-order valence-electron chi connectivity index (χ2n) is 9.02. The Bertz CT molecular complexity index is 1330. The predicted molar refractivity (Wildman–Crippen MR) is 147 cm³/mol. The van der Waals surface area contributed by atoms with Gasteiger partial charge in [0.25, 0.3) is 0 Å². The van der Waals surface area contributed by atoms with Crippen molar-refractivity contribution in [2.45, 2.75) is 39.9 Å². The summed E-state index contributed by atoms with van der Waals surface area (Å²) >= 11 is 0. The normalized spacial score (nSPS) is 12.1. The van der Waals surface area contributed by atoms with E-state index in [-0.39, 0.29) is 5.97 Å². The van der Waals surface area contributed by atoms with Gasteiger partial charge in [-0.05, 0) is 60.7 Å². The minimum atomic E-state index is -0.542. The first kappa shape index (κ1) is 26.7. The highest BCUT2D eigenvalue weighted by molar-refractivity contribution is 6.00. The van der Waals surface area contributed by atoms with E-state index in [1.165, 1.54) is 12.7 Å². The van der Waals surface area contributed by atoms with Crippen LogP contribution in [0.2, 0.25) is 0 Å². The SMILES string of the molecule is CCc1ccc(-n2cc(COc3ccc(CC(C(=O)OC)C(C)=NOCc4ccccc4)cc3)cn2)cc1. The number of esters is 1. The number of hydrogen-bond acceptors (Lipinski definition) is 6. The Kier molecular flexibility index (Phi) is 9.29. The lowest BCUT2D eigenvalue weighted by Crippen LogP contribution is -2.26. The van der Waals surface area contributed by atoms with Gasteiger partial charge in [-0.3, -0.25) is 4.79 Å². The molecule has 1 aromatic heterocycles. The lowest BCUT2D eigenvalue weighted by Gasteiger charge is -2.15. The van der Waals surface area contributed by atoms with E-state index in [9.17, 15) is 4.79 Å². The molecule has 3 aromatic carbocycles. The molecule has 196 valence electrons. The monoisotopic (exact) mass is 511 g/mol. The molecular weight excluding hydrogens is 478 g/mol. The molecule has 0 saturated carbocycles. The third-order valence-electron chi connectivity index (χ3n) is 6.29. The Morgan fingerprint density at radius 2 is 1.61 bits per heavy atom. The van der Waals surface area contributed by atoms with Crippen LogP contribution in [0.5, 0.6) is 5.75 Å². The number of rotatable bonds is 12. The molecule has 1 atom stereocenters. The second kappa shape index (κ2) is 13.2. The molecule has 4 rings (SSSR count). The summed E-state index contributed by atoms with van der Waals surface area (Å²) in [5, 5.41) is 8.63. The Morgan fingerprint density at radius 3 is 2.29 bits per heavy atom. The first-order chi connectivity index (χ1) is 18.6. The van der Waals surface area contributed by atoms with Gasteiger partial charge in [-0.25, -0.2) is 4.68 Å². The van der Waals surface area contributed by atoms with E-state index in [1.54, 1.807) is 6.92 Å². The minimum Gasteiger partial charge on any atom is -0.489 e. The van der Waals surface area contributed by atoms with Gasteiger partial charge in [0.1, 0.15) is 24.9 Å². The molecule has 0 aliphatic rings. The zero-order valence-electron chi connectivity index (χ0n) is 22.0. The third-order valence-corrected chi connectivity index (χ3v) is 6.29. The van der Waals surface area contributed by atoms with Crippen LogP contribution in [0, 0.1) is 5.92 Å². The van der Waals surface area contributed by atoms with Crippen LogP contribution in [-0.4, -0.2) is 28.6 Å². The maximum atomic E-state index is 12.5. The predicted octanol–water partition coefficient (Wildman–Crippen LogP) is 5.94. The van der Waals surface area contributed by atoms with Gasteiger partial charge in [-0.2, -0.15) is 5.10 Å². The molecule has 1 heterocycles. The molecule has 0 aliphatic heterocycles. The maximum absolute atomic E-state index is 12.5. The van der Waals surface area contributed by atoms with Crippen molar-refractivity contribution in [3.63, 3.8) is 0 Å². The molecule has 0 spiro atoms. The van der Waals surface area contributed by atoms with E-state index in [2.05, 4.69) is 41.4 Å². The van der Waals surface area contributed by atoms with Gasteiger partial charge in [-0.1, -0.05) is 66.7 Å². The number of nitrogens with zero attached hydrogens (tertiary/aromatic N) is 3. The highest BCUT2D eigenvalue weighted by atomic mass is 16.6. The number of methoxy groups -OCH3 is 1. The lowest BCUT2D eigenvalue weighted by molar-refractivity contribution is -0.143. The highest BCUT2D eigenvalue weighted by Gasteiger charge is 2.23. The summed E-state index contributed by atoms with van der Waals surface area (Å²) in [4.78, 5) is 17.9. The number of aromatic nitrogens is 2. The summed E-state index contributed by atoms with van der Waals surface area (Å²) < 4.78 is 12.8. The molecule has 0 saturated heterocycles. The highest BCUT2D eigenvalue weighted by Crippen LogP contribution is 2.19. The largest absolute Gasteiger partial charge is 0.489 e. The summed E-state index contributed by atoms with van der Waals surface area (Å²) in [5.41, 5.74) is 5.82. The summed E-state index contributed by atoms with van der Waals surface area (Å²) in [5.74, 6) is -0.156. The summed E-state index contributed by atoms with van der Waals surface area (Å²) in [6.45, 7) is 4.66. The van der Waals surface area contributed by atoms with E-state index in [4.69, 9.17) is 14.3 Å². The topological polar surface area (TPSA) is 74.9 Å². The van der Waals surface area contributed by atoms with Crippen LogP contribution in [0.15, 0.2) is 96.4 Å². The molecule has 7 nitrogen and oxygen atoms in total. The number of benzene rings is 3. The second-order valence-corrected chi connectivity index (χ2v) is 9.02. The van der Waals surface area contributed by atoms with Crippen molar-refractivity contribution >= 4 is 11.7 Å². The number of carbonyl (C=O) groups excluding carboxylic acids is 1. The molecule has 1 unspecified atom stereocenters. The first-order valence-electron chi connectivity index (χ1n) is 12.7. The Labute approximate surface area is 223 Å². The van der Waals surface area contributed by atoms with Crippen LogP contribution in [-0.2, 0) is 40.4 Å². The average Bonchev–Trinajstić information content (AvgIpc) is 3.44. The van der Waals surface area contributed by atoms with Gasteiger partial charge >= 0.3 is 5.97 Å². The third kappa shape index (κ3) is 7.32. The van der Waals surface area contributed by atoms with Crippen LogP contribution >= 0.6 is 0 Å². The number of ether oxygens (including phenoxy) is 2. The molecular formula is C31H33N3O4. The van der Waals surface area contributed by atoms with Crippen molar-refractivity contribution in [3.05, 3.63) is 114 Å². The standard InChI is InChI=1S/C31H33N3O4/c1-4-24-10-14-28(15-11-24)34-20-27(19-32-34)21-37-29-16-12-25(13-17-29)18-30(31(35)36-3)23(2)33-38-22-26-8-6-5-7-9-26/h5-17,19-20,30H,4,18,21-22H2,1-3H3. The molecule has 7 heteroatoms. The summed E-state index contributed by atoms with van der Waals surface area (Å²) in [7, 11) is 1.38. The average molecular weight is 512 g/mol. The first-order valence-corrected chi connectivity index (χ1v) is 12.7. The molecule has 0 N–H and O–H groups in total. The van der Waals surface area contributed by atoms with Gasteiger partial charge in [-0.15, -0.1) is 0 Å². The Morgan fingerprint density at radius 1 is 0.895 bits per heavy atom. The van der Waals surface area contributed by atoms with Crippen LogP contribution in [0.4, 0.5) is 0 Å². The molecule has 0 amide bonds. The van der Waals surface area contributed by atoms with Crippen molar-refractivity contribution in [3.8, 4) is 11.4 Å². The zero-order valence-corrected chi connectivity index (χ0v) is 22.0. The van der Waals surface area contributed by atoms with Crippen molar-refractivity contribution in [2.75, 3.05) is 7.11 Å². The number of aryl methyl sites for hydroxylation is 1. The number of carbonyl (C=O) groups is 1. The molecule has 0 radical (unpaired) electrons. The molecule has 0 aliphatic carbocycles.